The predicted molar refractivity (Wildman–Crippen MR) is 119 cm³/mol. The zero-order valence-corrected chi connectivity index (χ0v) is 18.7. The summed E-state index contributed by atoms with van der Waals surface area (Å²) in [6.07, 6.45) is 1.28. The van der Waals surface area contributed by atoms with Crippen LogP contribution in [0.15, 0.2) is 40.5 Å². The predicted octanol–water partition coefficient (Wildman–Crippen LogP) is 1.96. The molecule has 13 heteroatoms. The summed E-state index contributed by atoms with van der Waals surface area (Å²) in [6, 6.07) is 5.96. The Bertz CT molecular complexity index is 1360. The van der Waals surface area contributed by atoms with Crippen LogP contribution in [-0.4, -0.2) is 36.2 Å². The lowest BCUT2D eigenvalue weighted by atomic mass is 10.2. The number of thioether (sulfide) groups is 1. The van der Waals surface area contributed by atoms with E-state index < -0.39 is 11.7 Å². The number of carbonyl (C=O) groups is 1. The van der Waals surface area contributed by atoms with Gasteiger partial charge in [-0.15, -0.1) is 21.5 Å². The van der Waals surface area contributed by atoms with Gasteiger partial charge in [-0.25, -0.2) is 18.7 Å². The van der Waals surface area contributed by atoms with Crippen molar-refractivity contribution in [3.8, 4) is 5.75 Å². The molecule has 3 aromatic heterocycles. The molecule has 0 radical (unpaired) electrons. The van der Waals surface area contributed by atoms with Gasteiger partial charge in [-0.1, -0.05) is 23.9 Å². The number of aromatic nitrogens is 5. The lowest BCUT2D eigenvalue weighted by Gasteiger charge is -2.08. The molecule has 32 heavy (non-hydrogen) atoms. The number of para-hydroxylation sites is 1. The summed E-state index contributed by atoms with van der Waals surface area (Å²) in [6.45, 7) is 3.66. The minimum absolute atomic E-state index is 0.0659. The molecule has 0 unspecified atom stereocenters. The molecule has 0 aliphatic carbocycles. The van der Waals surface area contributed by atoms with Crippen molar-refractivity contribution in [2.24, 2.45) is 0 Å². The molecule has 0 aliphatic rings. The van der Waals surface area contributed by atoms with Crippen LogP contribution in [0.5, 0.6) is 5.75 Å². The largest absolute Gasteiger partial charge is 0.482 e. The Labute approximate surface area is 189 Å². The maximum absolute atomic E-state index is 13.6. The normalized spacial score (nSPS) is 11.1. The van der Waals surface area contributed by atoms with E-state index in [9.17, 15) is 14.0 Å². The van der Waals surface area contributed by atoms with Gasteiger partial charge in [0.15, 0.2) is 17.4 Å². The average molecular weight is 476 g/mol. The van der Waals surface area contributed by atoms with Crippen molar-refractivity contribution < 1.29 is 13.9 Å². The van der Waals surface area contributed by atoms with Crippen LogP contribution in [0.25, 0.3) is 10.2 Å². The highest BCUT2D eigenvalue weighted by molar-refractivity contribution is 7.99. The third-order valence-corrected chi connectivity index (χ3v) is 6.65. The number of hydrogen-bond acceptors (Lipinski definition) is 9. The van der Waals surface area contributed by atoms with Gasteiger partial charge >= 0.3 is 0 Å². The average Bonchev–Trinajstić information content (AvgIpc) is 3.27. The van der Waals surface area contributed by atoms with Crippen molar-refractivity contribution in [3.63, 3.8) is 0 Å². The van der Waals surface area contributed by atoms with Crippen molar-refractivity contribution in [2.75, 3.05) is 17.0 Å². The fourth-order valence-electron chi connectivity index (χ4n) is 2.82. The van der Waals surface area contributed by atoms with Crippen LogP contribution in [0.4, 0.5) is 4.39 Å². The molecule has 0 fully saturated rings. The van der Waals surface area contributed by atoms with E-state index in [2.05, 4.69) is 20.6 Å². The quantitative estimate of drug-likeness (QED) is 0.306. The Morgan fingerprint density at radius 3 is 2.88 bits per heavy atom. The summed E-state index contributed by atoms with van der Waals surface area (Å²) in [7, 11) is 0. The Morgan fingerprint density at radius 1 is 1.31 bits per heavy atom. The lowest BCUT2D eigenvalue weighted by Crippen LogP contribution is -2.34. The number of nitrogens with zero attached hydrogens (tertiary/aromatic N) is 5. The summed E-state index contributed by atoms with van der Waals surface area (Å²) in [5, 5.41) is 8.58. The molecule has 0 atom stereocenters. The van der Waals surface area contributed by atoms with Gasteiger partial charge in [-0.3, -0.25) is 15.0 Å². The van der Waals surface area contributed by atoms with Crippen LogP contribution in [0, 0.1) is 19.7 Å². The van der Waals surface area contributed by atoms with Crippen LogP contribution < -0.4 is 21.6 Å². The second-order valence-electron chi connectivity index (χ2n) is 6.69. The van der Waals surface area contributed by atoms with Crippen molar-refractivity contribution in [1.29, 1.82) is 0 Å². The van der Waals surface area contributed by atoms with Gasteiger partial charge in [0.25, 0.3) is 5.56 Å². The highest BCUT2D eigenvalue weighted by Gasteiger charge is 2.16. The van der Waals surface area contributed by atoms with Crippen LogP contribution in [-0.2, 0) is 11.4 Å². The van der Waals surface area contributed by atoms with Crippen molar-refractivity contribution >= 4 is 39.2 Å². The Morgan fingerprint density at radius 2 is 2.09 bits per heavy atom. The van der Waals surface area contributed by atoms with Gasteiger partial charge in [-0.05, 0) is 31.5 Å². The second kappa shape index (κ2) is 8.96. The van der Waals surface area contributed by atoms with Crippen LogP contribution in [0.3, 0.4) is 0 Å². The van der Waals surface area contributed by atoms with Crippen LogP contribution in [0.2, 0.25) is 0 Å². The van der Waals surface area contributed by atoms with Crippen molar-refractivity contribution in [1.82, 2.24) is 24.5 Å². The molecule has 0 bridgehead atoms. The molecule has 1 amide bonds. The van der Waals surface area contributed by atoms with Crippen LogP contribution in [0.1, 0.15) is 16.3 Å². The first-order chi connectivity index (χ1) is 15.3. The Hall–Kier alpha value is -3.45. The SMILES string of the molecule is Cc1sc2ncn(NC(=O)CSc3nnc(COc4ccccc4F)n3N)c(=O)c2c1C. The van der Waals surface area contributed by atoms with Crippen LogP contribution >= 0.6 is 23.1 Å². The molecule has 0 aliphatic heterocycles. The number of thiophene rings is 1. The van der Waals surface area contributed by atoms with Gasteiger partial charge in [0, 0.05) is 4.88 Å². The molecule has 0 spiro atoms. The number of benzene rings is 1. The van der Waals surface area contributed by atoms with Gasteiger partial charge in [0.1, 0.15) is 17.8 Å². The zero-order valence-electron chi connectivity index (χ0n) is 17.0. The summed E-state index contributed by atoms with van der Waals surface area (Å²) >= 11 is 2.46. The van der Waals surface area contributed by atoms with Gasteiger partial charge in [0.05, 0.1) is 11.1 Å². The number of rotatable bonds is 7. The first-order valence-corrected chi connectivity index (χ1v) is 11.1. The maximum Gasteiger partial charge on any atom is 0.281 e. The number of carbonyl (C=O) groups excluding carboxylic acids is 1. The molecular weight excluding hydrogens is 457 g/mol. The number of nitrogen functional groups attached to an aromatic ring is 1. The first-order valence-electron chi connectivity index (χ1n) is 9.32. The first kappa shape index (κ1) is 21.8. The summed E-state index contributed by atoms with van der Waals surface area (Å²) < 4.78 is 21.2. The van der Waals surface area contributed by atoms with E-state index in [1.165, 1.54) is 29.8 Å². The fraction of sp³-hybridized carbons (Fsp3) is 0.211. The number of nitrogens with two attached hydrogens (primary N) is 1. The third kappa shape index (κ3) is 4.29. The molecule has 3 N–H and O–H groups in total. The van der Waals surface area contributed by atoms with Crippen molar-refractivity contribution in [2.45, 2.75) is 25.6 Å². The molecular formula is C19H18FN7O3S2. The molecule has 3 heterocycles. The molecule has 1 aromatic carbocycles. The van der Waals surface area contributed by atoms with Gasteiger partial charge in [-0.2, -0.15) is 0 Å². The van der Waals surface area contributed by atoms with E-state index in [0.717, 1.165) is 31.6 Å². The Balaban J connectivity index is 1.38. The number of ether oxygens (including phenoxy) is 1. The zero-order chi connectivity index (χ0) is 22.8. The van der Waals surface area contributed by atoms with E-state index in [-0.39, 0.29) is 34.6 Å². The Kier molecular flexibility index (Phi) is 6.10. The number of nitrogens with one attached hydrogen (secondary N) is 1. The van der Waals surface area contributed by atoms with Gasteiger partial charge < -0.3 is 10.6 Å². The molecule has 0 saturated heterocycles. The van der Waals surface area contributed by atoms with Crippen molar-refractivity contribution in [3.05, 3.63) is 63.0 Å². The van der Waals surface area contributed by atoms with E-state index in [1.54, 1.807) is 12.1 Å². The van der Waals surface area contributed by atoms with E-state index in [0.29, 0.717) is 10.2 Å². The number of amides is 1. The van der Waals surface area contributed by atoms with Gasteiger partial charge in [0.2, 0.25) is 11.1 Å². The maximum atomic E-state index is 13.6. The monoisotopic (exact) mass is 475 g/mol. The molecule has 4 rings (SSSR count). The minimum atomic E-state index is -0.502. The number of fused-ring (bicyclic) bond motifs is 1. The highest BCUT2D eigenvalue weighted by atomic mass is 32.2. The fourth-order valence-corrected chi connectivity index (χ4v) is 4.47. The second-order valence-corrected chi connectivity index (χ2v) is 8.84. The summed E-state index contributed by atoms with van der Waals surface area (Å²) in [4.78, 5) is 30.9. The molecule has 0 saturated carbocycles. The summed E-state index contributed by atoms with van der Waals surface area (Å²) in [5.74, 6) is 5.25. The number of halogens is 1. The third-order valence-electron chi connectivity index (χ3n) is 4.60. The number of hydrogen-bond donors (Lipinski definition) is 2. The molecule has 10 nitrogen and oxygen atoms in total. The number of aryl methyl sites for hydroxylation is 2. The lowest BCUT2D eigenvalue weighted by molar-refractivity contribution is -0.114. The molecule has 166 valence electrons. The van der Waals surface area contributed by atoms with E-state index in [1.807, 2.05) is 13.8 Å². The topological polar surface area (TPSA) is 130 Å². The smallest absolute Gasteiger partial charge is 0.281 e. The molecule has 4 aromatic rings. The van der Waals surface area contributed by atoms with E-state index in [4.69, 9.17) is 10.6 Å². The van der Waals surface area contributed by atoms with E-state index >= 15 is 0 Å². The minimum Gasteiger partial charge on any atom is -0.482 e. The summed E-state index contributed by atoms with van der Waals surface area (Å²) in [5.41, 5.74) is 3.02. The standard InChI is InChI=1S/C19H18FN7O3S2/c1-10-11(2)32-17-16(10)18(29)26(9-22-17)25-15(28)8-31-19-24-23-14(27(19)21)7-30-13-6-4-3-5-12(13)20/h3-6,9H,7-8,21H2,1-2H3,(H,25,28). The highest BCUT2D eigenvalue weighted by Crippen LogP contribution is 2.25.